The number of fused-ring (bicyclic) bond motifs is 1. The number of phenols is 1. The van der Waals surface area contributed by atoms with E-state index in [9.17, 15) is 30.3 Å². The van der Waals surface area contributed by atoms with E-state index >= 15 is 0 Å². The van der Waals surface area contributed by atoms with Crippen LogP contribution in [0.2, 0.25) is 0 Å². The minimum atomic E-state index is -1.21. The fourth-order valence-corrected chi connectivity index (χ4v) is 2.59. The first-order valence-corrected chi connectivity index (χ1v) is 7.89. The maximum Gasteiger partial charge on any atom is 0.324 e. The van der Waals surface area contributed by atoms with Crippen LogP contribution in [-0.4, -0.2) is 33.0 Å². The summed E-state index contributed by atoms with van der Waals surface area (Å²) >= 11 is 0. The third-order valence-electron chi connectivity index (χ3n) is 3.92. The van der Waals surface area contributed by atoms with Crippen LogP contribution in [0.3, 0.4) is 0 Å². The molecule has 1 aliphatic rings. The molecular formula is C16H16N4O7. The fraction of sp³-hybridized carbons (Fsp3) is 0.250. The number of benzene rings is 2. The summed E-state index contributed by atoms with van der Waals surface area (Å²) in [5.74, 6) is -1.21. The molecule has 1 heterocycles. The monoisotopic (exact) mass is 376 g/mol. The molecule has 0 saturated heterocycles. The molecule has 2 aromatic carbocycles. The molecule has 0 atom stereocenters. The van der Waals surface area contributed by atoms with E-state index in [1.807, 2.05) is 0 Å². The molecule has 3 rings (SSSR count). The second kappa shape index (κ2) is 8.67. The Morgan fingerprint density at radius 2 is 1.26 bits per heavy atom. The van der Waals surface area contributed by atoms with Crippen molar-refractivity contribution in [2.45, 2.75) is 12.8 Å². The zero-order valence-corrected chi connectivity index (χ0v) is 14.0. The van der Waals surface area contributed by atoms with E-state index in [4.69, 9.17) is 5.11 Å². The number of nitrogens with one attached hydrogen (secondary N) is 1. The number of nitro groups is 3. The van der Waals surface area contributed by atoms with Crippen molar-refractivity contribution in [3.05, 3.63) is 77.9 Å². The minimum Gasteiger partial charge on any atom is -0.497 e. The highest BCUT2D eigenvalue weighted by Crippen LogP contribution is 2.38. The second-order valence-electron chi connectivity index (χ2n) is 5.62. The summed E-state index contributed by atoms with van der Waals surface area (Å²) < 4.78 is 0. The van der Waals surface area contributed by atoms with Gasteiger partial charge in [-0.1, -0.05) is 24.3 Å². The van der Waals surface area contributed by atoms with Crippen LogP contribution in [0.4, 0.5) is 17.1 Å². The Balaban J connectivity index is 0.000000206. The molecule has 27 heavy (non-hydrogen) atoms. The Kier molecular flexibility index (Phi) is 6.33. The molecule has 0 spiro atoms. The van der Waals surface area contributed by atoms with Crippen molar-refractivity contribution in [2.75, 3.05) is 13.1 Å². The van der Waals surface area contributed by atoms with Crippen molar-refractivity contribution in [3.63, 3.8) is 0 Å². The van der Waals surface area contributed by atoms with Crippen LogP contribution in [0.25, 0.3) is 0 Å². The van der Waals surface area contributed by atoms with Gasteiger partial charge in [-0.3, -0.25) is 30.3 Å². The third kappa shape index (κ3) is 4.95. The SMILES string of the molecule is O=[N+]([O-])c1cc([N+](=O)[O-])c(O)c([N+](=O)[O-])c1.c1ccc2c(c1)CCNCC2. The lowest BCUT2D eigenvalue weighted by Crippen LogP contribution is -2.16. The van der Waals surface area contributed by atoms with Crippen molar-refractivity contribution >= 4 is 17.1 Å². The lowest BCUT2D eigenvalue weighted by Gasteiger charge is -2.01. The predicted octanol–water partition coefficient (Wildman–Crippen LogP) is 2.49. The lowest BCUT2D eigenvalue weighted by atomic mass is 10.0. The van der Waals surface area contributed by atoms with Crippen molar-refractivity contribution in [1.29, 1.82) is 0 Å². The van der Waals surface area contributed by atoms with Crippen LogP contribution in [-0.2, 0) is 12.8 Å². The van der Waals surface area contributed by atoms with E-state index < -0.39 is 37.6 Å². The number of nitro benzene ring substituents is 3. The fourth-order valence-electron chi connectivity index (χ4n) is 2.59. The smallest absolute Gasteiger partial charge is 0.324 e. The van der Waals surface area contributed by atoms with Crippen LogP contribution in [0, 0.1) is 30.3 Å². The average Bonchev–Trinajstić information content (AvgIpc) is 2.87. The van der Waals surface area contributed by atoms with E-state index in [0.29, 0.717) is 12.1 Å². The number of hydrogen-bond donors (Lipinski definition) is 2. The Labute approximate surface area is 152 Å². The van der Waals surface area contributed by atoms with E-state index in [1.165, 1.54) is 24.0 Å². The van der Waals surface area contributed by atoms with Gasteiger partial charge in [-0.05, 0) is 37.1 Å². The van der Waals surface area contributed by atoms with E-state index in [0.717, 1.165) is 13.1 Å². The highest BCUT2D eigenvalue weighted by atomic mass is 16.6. The van der Waals surface area contributed by atoms with Crippen molar-refractivity contribution in [2.24, 2.45) is 0 Å². The highest BCUT2D eigenvalue weighted by Gasteiger charge is 2.30. The number of non-ortho nitro benzene ring substituents is 1. The Morgan fingerprint density at radius 3 is 1.63 bits per heavy atom. The van der Waals surface area contributed by atoms with Crippen molar-refractivity contribution in [1.82, 2.24) is 5.32 Å². The normalized spacial score (nSPS) is 12.7. The molecule has 0 aromatic heterocycles. The molecule has 0 amide bonds. The highest BCUT2D eigenvalue weighted by molar-refractivity contribution is 5.64. The molecule has 0 radical (unpaired) electrons. The van der Waals surface area contributed by atoms with Gasteiger partial charge in [0.05, 0.1) is 26.9 Å². The minimum absolute atomic E-state index is 0.447. The summed E-state index contributed by atoms with van der Waals surface area (Å²) in [6.45, 7) is 2.27. The Morgan fingerprint density at radius 1 is 0.815 bits per heavy atom. The first-order valence-electron chi connectivity index (χ1n) is 7.89. The van der Waals surface area contributed by atoms with Gasteiger partial charge in [0.25, 0.3) is 11.4 Å². The van der Waals surface area contributed by atoms with E-state index in [1.54, 1.807) is 0 Å². The van der Waals surface area contributed by atoms with Gasteiger partial charge in [-0.2, -0.15) is 0 Å². The number of aromatic hydroxyl groups is 1. The zero-order chi connectivity index (χ0) is 20.0. The maximum atomic E-state index is 10.4. The van der Waals surface area contributed by atoms with Gasteiger partial charge >= 0.3 is 11.4 Å². The summed E-state index contributed by atoms with van der Waals surface area (Å²) in [4.78, 5) is 27.8. The Bertz CT molecular complexity index is 825. The largest absolute Gasteiger partial charge is 0.497 e. The van der Waals surface area contributed by atoms with Crippen LogP contribution < -0.4 is 5.32 Å². The van der Waals surface area contributed by atoms with Gasteiger partial charge in [-0.25, -0.2) is 0 Å². The van der Waals surface area contributed by atoms with Gasteiger partial charge in [0.15, 0.2) is 0 Å². The predicted molar refractivity (Wildman–Crippen MR) is 94.8 cm³/mol. The molecule has 11 heteroatoms. The summed E-state index contributed by atoms with van der Waals surface area (Å²) in [5.41, 5.74) is 0.0491. The molecule has 0 aliphatic carbocycles. The van der Waals surface area contributed by atoms with Gasteiger partial charge < -0.3 is 10.4 Å². The summed E-state index contributed by atoms with van der Waals surface area (Å²) in [5, 5.41) is 43.6. The maximum absolute atomic E-state index is 10.4. The topological polar surface area (TPSA) is 162 Å². The molecule has 11 nitrogen and oxygen atoms in total. The molecule has 0 unspecified atom stereocenters. The Hall–Kier alpha value is -3.60. The molecular weight excluding hydrogens is 360 g/mol. The molecule has 2 aromatic rings. The van der Waals surface area contributed by atoms with Crippen molar-refractivity contribution in [3.8, 4) is 5.75 Å². The standard InChI is InChI=1S/C10H13N.C6H3N3O7/c1-2-4-10-6-8-11-7-5-9(10)3-1;10-6-4(8(13)14)1-3(7(11)12)2-5(6)9(15)16/h1-4,11H,5-8H2;1-2,10H. The van der Waals surface area contributed by atoms with Crippen LogP contribution in [0.15, 0.2) is 36.4 Å². The van der Waals surface area contributed by atoms with Gasteiger partial charge in [-0.15, -0.1) is 0 Å². The third-order valence-corrected chi connectivity index (χ3v) is 3.92. The van der Waals surface area contributed by atoms with Crippen LogP contribution in [0.1, 0.15) is 11.1 Å². The number of rotatable bonds is 3. The number of hydrogen-bond acceptors (Lipinski definition) is 8. The number of phenolic OH excluding ortho intramolecular Hbond substituents is 1. The van der Waals surface area contributed by atoms with E-state index in [-0.39, 0.29) is 0 Å². The summed E-state index contributed by atoms with van der Waals surface area (Å²) in [6.07, 6.45) is 2.38. The molecule has 0 saturated carbocycles. The molecule has 2 N–H and O–H groups in total. The van der Waals surface area contributed by atoms with Gasteiger partial charge in [0.2, 0.25) is 0 Å². The van der Waals surface area contributed by atoms with Crippen molar-refractivity contribution < 1.29 is 19.9 Å². The summed E-state index contributed by atoms with van der Waals surface area (Å²) in [6, 6.07) is 9.63. The van der Waals surface area contributed by atoms with E-state index in [2.05, 4.69) is 29.6 Å². The van der Waals surface area contributed by atoms with Gasteiger partial charge in [0.1, 0.15) is 0 Å². The molecule has 0 bridgehead atoms. The molecule has 0 fully saturated rings. The molecule has 1 aliphatic heterocycles. The average molecular weight is 376 g/mol. The summed E-state index contributed by atoms with van der Waals surface area (Å²) in [7, 11) is 0. The zero-order valence-electron chi connectivity index (χ0n) is 14.0. The first-order chi connectivity index (χ1) is 12.8. The van der Waals surface area contributed by atoms with Gasteiger partial charge in [0, 0.05) is 0 Å². The van der Waals surface area contributed by atoms with Crippen LogP contribution in [0.5, 0.6) is 5.75 Å². The quantitative estimate of drug-likeness (QED) is 0.609. The second-order valence-corrected chi connectivity index (χ2v) is 5.62. The van der Waals surface area contributed by atoms with Crippen LogP contribution >= 0.6 is 0 Å². The first kappa shape index (κ1) is 19.7. The lowest BCUT2D eigenvalue weighted by molar-refractivity contribution is -0.404. The number of nitrogens with zero attached hydrogens (tertiary/aromatic N) is 3. The molecule has 142 valence electrons.